The summed E-state index contributed by atoms with van der Waals surface area (Å²) in [5.74, 6) is 0.153. The molecule has 0 N–H and O–H groups in total. The Morgan fingerprint density at radius 1 is 1.23 bits per heavy atom. The first kappa shape index (κ1) is 15.3. The number of amides is 1. The van der Waals surface area contributed by atoms with Gasteiger partial charge in [-0.1, -0.05) is 30.3 Å². The average molecular weight is 358 g/mol. The second-order valence-electron chi connectivity index (χ2n) is 6.00. The van der Waals surface area contributed by atoms with E-state index in [0.717, 1.165) is 29.4 Å². The molecule has 0 heterocycles. The number of carbonyl (C=O) groups is 1. The van der Waals surface area contributed by atoms with Crippen molar-refractivity contribution in [1.29, 1.82) is 0 Å². The number of halogens is 1. The van der Waals surface area contributed by atoms with Crippen LogP contribution in [0, 0.1) is 6.92 Å². The van der Waals surface area contributed by atoms with Gasteiger partial charge in [0.2, 0.25) is 5.91 Å². The van der Waals surface area contributed by atoms with E-state index in [1.165, 1.54) is 16.7 Å². The van der Waals surface area contributed by atoms with Crippen molar-refractivity contribution in [2.45, 2.75) is 32.1 Å². The van der Waals surface area contributed by atoms with E-state index in [4.69, 9.17) is 0 Å². The fourth-order valence-electron chi connectivity index (χ4n) is 3.25. The monoisotopic (exact) mass is 357 g/mol. The number of rotatable bonds is 2. The van der Waals surface area contributed by atoms with Crippen LogP contribution in [0.3, 0.4) is 0 Å². The predicted molar refractivity (Wildman–Crippen MR) is 94.4 cm³/mol. The number of hydrogen-bond acceptors (Lipinski definition) is 1. The third-order valence-electron chi connectivity index (χ3n) is 4.46. The van der Waals surface area contributed by atoms with E-state index < -0.39 is 0 Å². The lowest BCUT2D eigenvalue weighted by Gasteiger charge is -2.29. The summed E-state index contributed by atoms with van der Waals surface area (Å²) in [5, 5.41) is 0. The smallest absolute Gasteiger partial charge is 0.234 e. The number of likely N-dealkylation sites (N-methyl/N-ethyl adjacent to an activating group) is 1. The highest BCUT2D eigenvalue weighted by Crippen LogP contribution is 2.35. The average Bonchev–Trinajstić information content (AvgIpc) is 2.53. The van der Waals surface area contributed by atoms with Crippen LogP contribution in [0.15, 0.2) is 46.9 Å². The first-order valence-corrected chi connectivity index (χ1v) is 8.49. The fourth-order valence-corrected chi connectivity index (χ4v) is 4.01. The van der Waals surface area contributed by atoms with Gasteiger partial charge in [-0.15, -0.1) is 0 Å². The zero-order valence-corrected chi connectivity index (χ0v) is 14.6. The van der Waals surface area contributed by atoms with Gasteiger partial charge in [0.05, 0.1) is 11.6 Å². The van der Waals surface area contributed by atoms with Crippen molar-refractivity contribution in [2.75, 3.05) is 11.9 Å². The second-order valence-corrected chi connectivity index (χ2v) is 6.85. The van der Waals surface area contributed by atoms with Crippen molar-refractivity contribution >= 4 is 27.5 Å². The third-order valence-corrected chi connectivity index (χ3v) is 5.10. The molecule has 3 rings (SSSR count). The molecular weight excluding hydrogens is 338 g/mol. The lowest BCUT2D eigenvalue weighted by molar-refractivity contribution is -0.120. The van der Waals surface area contributed by atoms with Crippen LogP contribution in [-0.2, 0) is 11.2 Å². The number of carbonyl (C=O) groups excluding carboxylic acids is 1. The molecule has 0 saturated heterocycles. The van der Waals surface area contributed by atoms with Crippen molar-refractivity contribution in [1.82, 2.24) is 0 Å². The number of benzene rings is 2. The van der Waals surface area contributed by atoms with Crippen molar-refractivity contribution in [3.63, 3.8) is 0 Å². The Morgan fingerprint density at radius 2 is 2.00 bits per heavy atom. The number of aryl methyl sites for hydroxylation is 2. The van der Waals surface area contributed by atoms with E-state index in [1.807, 2.05) is 38.2 Å². The molecule has 1 unspecified atom stereocenters. The minimum Gasteiger partial charge on any atom is -0.314 e. The summed E-state index contributed by atoms with van der Waals surface area (Å²) >= 11 is 3.58. The molecule has 0 aliphatic heterocycles. The Hall–Kier alpha value is -1.61. The van der Waals surface area contributed by atoms with Crippen LogP contribution in [0.5, 0.6) is 0 Å². The minimum atomic E-state index is -0.0249. The standard InChI is InChI=1S/C19H20BrNO/c1-13-10-11-18(17(20)12-13)21(2)19(22)16-9-5-7-14-6-3-4-8-15(14)16/h3-4,6,8,10-12,16H,5,7,9H2,1-2H3. The van der Waals surface area contributed by atoms with Crippen molar-refractivity contribution in [3.8, 4) is 0 Å². The van der Waals surface area contributed by atoms with Crippen LogP contribution < -0.4 is 4.90 Å². The predicted octanol–water partition coefficient (Wildman–Crippen LogP) is 4.84. The number of fused-ring (bicyclic) bond motifs is 1. The molecule has 0 fully saturated rings. The number of nitrogens with zero attached hydrogens (tertiary/aromatic N) is 1. The molecule has 2 nitrogen and oxygen atoms in total. The lowest BCUT2D eigenvalue weighted by Crippen LogP contribution is -2.33. The molecule has 3 heteroatoms. The Labute approximate surface area is 140 Å². The lowest BCUT2D eigenvalue weighted by atomic mass is 9.82. The van der Waals surface area contributed by atoms with Crippen LogP contribution in [0.4, 0.5) is 5.69 Å². The molecule has 1 amide bonds. The minimum absolute atomic E-state index is 0.0249. The van der Waals surface area contributed by atoms with E-state index >= 15 is 0 Å². The zero-order valence-electron chi connectivity index (χ0n) is 13.0. The van der Waals surface area contributed by atoms with Crippen LogP contribution in [0.1, 0.15) is 35.4 Å². The van der Waals surface area contributed by atoms with Gasteiger partial charge in [0.25, 0.3) is 0 Å². The maximum absolute atomic E-state index is 13.0. The largest absolute Gasteiger partial charge is 0.314 e. The summed E-state index contributed by atoms with van der Waals surface area (Å²) in [4.78, 5) is 14.8. The first-order valence-electron chi connectivity index (χ1n) is 7.69. The highest BCUT2D eigenvalue weighted by atomic mass is 79.9. The van der Waals surface area contributed by atoms with E-state index in [2.05, 4.69) is 34.1 Å². The maximum Gasteiger partial charge on any atom is 0.234 e. The maximum atomic E-state index is 13.0. The zero-order chi connectivity index (χ0) is 15.7. The highest BCUT2D eigenvalue weighted by Gasteiger charge is 2.29. The Morgan fingerprint density at radius 3 is 2.77 bits per heavy atom. The van der Waals surface area contributed by atoms with Gasteiger partial charge >= 0.3 is 0 Å². The van der Waals surface area contributed by atoms with Crippen molar-refractivity contribution in [3.05, 3.63) is 63.6 Å². The van der Waals surface area contributed by atoms with Gasteiger partial charge in [-0.2, -0.15) is 0 Å². The summed E-state index contributed by atoms with van der Waals surface area (Å²) in [6.07, 6.45) is 3.10. The van der Waals surface area contributed by atoms with Gasteiger partial charge in [0, 0.05) is 11.5 Å². The molecule has 2 aromatic carbocycles. The Balaban J connectivity index is 1.91. The summed E-state index contributed by atoms with van der Waals surface area (Å²) in [7, 11) is 1.87. The van der Waals surface area contributed by atoms with Gasteiger partial charge in [-0.25, -0.2) is 0 Å². The van der Waals surface area contributed by atoms with E-state index in [-0.39, 0.29) is 11.8 Å². The van der Waals surface area contributed by atoms with E-state index in [0.29, 0.717) is 0 Å². The third kappa shape index (κ3) is 2.82. The molecule has 0 spiro atoms. The molecule has 114 valence electrons. The summed E-state index contributed by atoms with van der Waals surface area (Å²) in [6, 6.07) is 14.4. The highest BCUT2D eigenvalue weighted by molar-refractivity contribution is 9.10. The quantitative estimate of drug-likeness (QED) is 0.752. The molecule has 0 radical (unpaired) electrons. The molecule has 2 aromatic rings. The number of hydrogen-bond donors (Lipinski definition) is 0. The summed E-state index contributed by atoms with van der Waals surface area (Å²) in [6.45, 7) is 2.05. The van der Waals surface area contributed by atoms with Gasteiger partial charge in [-0.3, -0.25) is 4.79 Å². The van der Waals surface area contributed by atoms with Gasteiger partial charge in [0.15, 0.2) is 0 Å². The van der Waals surface area contributed by atoms with Crippen LogP contribution in [0.2, 0.25) is 0 Å². The van der Waals surface area contributed by atoms with Crippen molar-refractivity contribution in [2.24, 2.45) is 0 Å². The van der Waals surface area contributed by atoms with E-state index in [1.54, 1.807) is 4.90 Å². The van der Waals surface area contributed by atoms with Gasteiger partial charge < -0.3 is 4.90 Å². The Bertz CT molecular complexity index is 710. The topological polar surface area (TPSA) is 20.3 Å². The molecule has 1 aliphatic rings. The SMILES string of the molecule is Cc1ccc(N(C)C(=O)C2CCCc3ccccc32)c(Br)c1. The molecule has 22 heavy (non-hydrogen) atoms. The first-order chi connectivity index (χ1) is 10.6. The van der Waals surface area contributed by atoms with Crippen LogP contribution >= 0.6 is 15.9 Å². The molecule has 0 saturated carbocycles. The fraction of sp³-hybridized carbons (Fsp3) is 0.316. The van der Waals surface area contributed by atoms with Crippen molar-refractivity contribution < 1.29 is 4.79 Å². The molecule has 0 bridgehead atoms. The van der Waals surface area contributed by atoms with Gasteiger partial charge in [-0.05, 0) is 70.9 Å². The summed E-state index contributed by atoms with van der Waals surface area (Å²) in [5.41, 5.74) is 4.63. The van der Waals surface area contributed by atoms with Crippen LogP contribution in [0.25, 0.3) is 0 Å². The normalized spacial score (nSPS) is 17.0. The second kappa shape index (κ2) is 6.25. The Kier molecular flexibility index (Phi) is 4.34. The molecule has 0 aromatic heterocycles. The number of anilines is 1. The molecular formula is C19H20BrNO. The molecule has 1 atom stereocenters. The summed E-state index contributed by atoms with van der Waals surface area (Å²) < 4.78 is 0.965. The van der Waals surface area contributed by atoms with Gasteiger partial charge in [0.1, 0.15) is 0 Å². The van der Waals surface area contributed by atoms with E-state index in [9.17, 15) is 4.79 Å². The van der Waals surface area contributed by atoms with Crippen LogP contribution in [-0.4, -0.2) is 13.0 Å². The molecule has 1 aliphatic carbocycles.